The van der Waals surface area contributed by atoms with Gasteiger partial charge in [-0.1, -0.05) is 18.5 Å². The zero-order valence-electron chi connectivity index (χ0n) is 11.2. The largest absolute Gasteiger partial charge is 0.377 e. The third-order valence-corrected chi connectivity index (χ3v) is 3.40. The number of rotatable bonds is 4. The smallest absolute Gasteiger partial charge is 0.0868 e. The molecule has 0 fully saturated rings. The van der Waals surface area contributed by atoms with Crippen LogP contribution in [-0.4, -0.2) is 19.6 Å². The van der Waals surface area contributed by atoms with E-state index >= 15 is 0 Å². The maximum atomic E-state index is 6.30. The molecule has 0 atom stereocenters. The van der Waals surface area contributed by atoms with Crippen molar-refractivity contribution in [3.05, 3.63) is 28.3 Å². The lowest BCUT2D eigenvalue weighted by molar-refractivity contribution is 0.707. The molecule has 0 aromatic carbocycles. The molecule has 0 bridgehead atoms. The summed E-state index contributed by atoms with van der Waals surface area (Å²) >= 11 is 6.30. The Morgan fingerprint density at radius 3 is 2.56 bits per heavy atom. The van der Waals surface area contributed by atoms with Gasteiger partial charge in [-0.25, -0.2) is 0 Å². The molecule has 0 unspecified atom stereocenters. The van der Waals surface area contributed by atoms with Crippen LogP contribution >= 0.6 is 11.6 Å². The Labute approximate surface area is 112 Å². The Bertz CT molecular complexity index is 555. The van der Waals surface area contributed by atoms with Gasteiger partial charge in [0, 0.05) is 20.3 Å². The predicted molar refractivity (Wildman–Crippen MR) is 72.9 cm³/mol. The third kappa shape index (κ3) is 2.36. The van der Waals surface area contributed by atoms with Crippen LogP contribution in [0.15, 0.2) is 6.20 Å². The molecule has 2 aromatic heterocycles. The second kappa shape index (κ2) is 5.02. The lowest BCUT2D eigenvalue weighted by Gasteiger charge is -2.05. The van der Waals surface area contributed by atoms with Crippen LogP contribution in [0.1, 0.15) is 24.0 Å². The van der Waals surface area contributed by atoms with E-state index in [4.69, 9.17) is 11.6 Å². The van der Waals surface area contributed by atoms with Crippen LogP contribution in [0.5, 0.6) is 0 Å². The molecule has 5 nitrogen and oxygen atoms in total. The molecule has 2 heterocycles. The molecule has 0 amide bonds. The molecule has 0 aliphatic rings. The van der Waals surface area contributed by atoms with Gasteiger partial charge >= 0.3 is 0 Å². The number of hydrogen-bond donors (Lipinski definition) is 1. The molecule has 0 saturated heterocycles. The molecule has 0 radical (unpaired) electrons. The van der Waals surface area contributed by atoms with E-state index in [1.165, 1.54) is 0 Å². The molecule has 0 saturated carbocycles. The number of halogens is 1. The maximum Gasteiger partial charge on any atom is 0.0868 e. The number of anilines is 1. The Morgan fingerprint density at radius 1 is 1.33 bits per heavy atom. The minimum Gasteiger partial charge on any atom is -0.377 e. The fraction of sp³-hybridized carbons (Fsp3) is 0.500. The van der Waals surface area contributed by atoms with Crippen molar-refractivity contribution < 1.29 is 0 Å². The summed E-state index contributed by atoms with van der Waals surface area (Å²) in [6.45, 7) is 4.68. The van der Waals surface area contributed by atoms with E-state index in [2.05, 4.69) is 22.4 Å². The summed E-state index contributed by atoms with van der Waals surface area (Å²) in [7, 11) is 3.82. The van der Waals surface area contributed by atoms with Gasteiger partial charge in [0.15, 0.2) is 0 Å². The highest BCUT2D eigenvalue weighted by molar-refractivity contribution is 6.31. The highest BCUT2D eigenvalue weighted by Crippen LogP contribution is 2.22. The lowest BCUT2D eigenvalue weighted by atomic mass is 10.3. The van der Waals surface area contributed by atoms with E-state index in [0.717, 1.165) is 34.2 Å². The Kier molecular flexibility index (Phi) is 3.61. The Hall–Kier alpha value is -1.49. The highest BCUT2D eigenvalue weighted by atomic mass is 35.5. The standard InChI is InChI=1S/C12H18ClN5/c1-5-9-12(13)11(18(4)16-9)6-14-10-7-17(3)15-8(10)2/h7,14H,5-6H2,1-4H3. The first-order valence-corrected chi connectivity index (χ1v) is 6.35. The zero-order valence-corrected chi connectivity index (χ0v) is 11.9. The maximum absolute atomic E-state index is 6.30. The average Bonchev–Trinajstić information content (AvgIpc) is 2.77. The van der Waals surface area contributed by atoms with Crippen LogP contribution in [0.2, 0.25) is 5.02 Å². The van der Waals surface area contributed by atoms with E-state index in [9.17, 15) is 0 Å². The molecular formula is C12H18ClN5. The SMILES string of the molecule is CCc1nn(C)c(CNc2cn(C)nc2C)c1Cl. The molecule has 98 valence electrons. The van der Waals surface area contributed by atoms with E-state index in [0.29, 0.717) is 6.54 Å². The number of aromatic nitrogens is 4. The second-order valence-electron chi connectivity index (χ2n) is 4.34. The molecule has 0 aliphatic heterocycles. The summed E-state index contributed by atoms with van der Waals surface area (Å²) in [5.74, 6) is 0. The third-order valence-electron chi connectivity index (χ3n) is 2.96. The van der Waals surface area contributed by atoms with E-state index in [1.54, 1.807) is 4.68 Å². The van der Waals surface area contributed by atoms with Crippen molar-refractivity contribution in [2.75, 3.05) is 5.32 Å². The van der Waals surface area contributed by atoms with Gasteiger partial charge in [0.05, 0.1) is 34.3 Å². The minimum atomic E-state index is 0.648. The molecule has 0 aliphatic carbocycles. The number of aryl methyl sites for hydroxylation is 4. The average molecular weight is 268 g/mol. The number of hydrogen-bond acceptors (Lipinski definition) is 3. The summed E-state index contributed by atoms with van der Waals surface area (Å²) in [6.07, 6.45) is 2.80. The lowest BCUT2D eigenvalue weighted by Crippen LogP contribution is -2.06. The second-order valence-corrected chi connectivity index (χ2v) is 4.72. The van der Waals surface area contributed by atoms with Crippen LogP contribution in [0.25, 0.3) is 0 Å². The summed E-state index contributed by atoms with van der Waals surface area (Å²) in [5.41, 5.74) is 3.94. The van der Waals surface area contributed by atoms with Crippen molar-refractivity contribution in [2.45, 2.75) is 26.8 Å². The first-order chi connectivity index (χ1) is 8.52. The molecule has 0 spiro atoms. The van der Waals surface area contributed by atoms with Gasteiger partial charge in [-0.2, -0.15) is 10.2 Å². The molecule has 2 aromatic rings. The molecule has 18 heavy (non-hydrogen) atoms. The summed E-state index contributed by atoms with van der Waals surface area (Å²) in [5, 5.41) is 12.8. The van der Waals surface area contributed by atoms with Crippen molar-refractivity contribution in [2.24, 2.45) is 14.1 Å². The van der Waals surface area contributed by atoms with E-state index < -0.39 is 0 Å². The minimum absolute atomic E-state index is 0.648. The molecule has 1 N–H and O–H groups in total. The first kappa shape index (κ1) is 13.0. The van der Waals surface area contributed by atoms with Crippen molar-refractivity contribution in [1.29, 1.82) is 0 Å². The first-order valence-electron chi connectivity index (χ1n) is 5.97. The van der Waals surface area contributed by atoms with Gasteiger partial charge in [0.25, 0.3) is 0 Å². The fourth-order valence-electron chi connectivity index (χ4n) is 1.96. The van der Waals surface area contributed by atoms with Gasteiger partial charge in [-0.15, -0.1) is 0 Å². The Balaban J connectivity index is 2.15. The normalized spacial score (nSPS) is 10.9. The van der Waals surface area contributed by atoms with Gasteiger partial charge in [0.2, 0.25) is 0 Å². The van der Waals surface area contributed by atoms with Crippen molar-refractivity contribution in [3.63, 3.8) is 0 Å². The molecule has 2 rings (SSSR count). The predicted octanol–water partition coefficient (Wildman–Crippen LogP) is 2.29. The van der Waals surface area contributed by atoms with Crippen LogP contribution in [-0.2, 0) is 27.1 Å². The van der Waals surface area contributed by atoms with Crippen LogP contribution in [0.3, 0.4) is 0 Å². The van der Waals surface area contributed by atoms with Crippen LogP contribution in [0.4, 0.5) is 5.69 Å². The molecular weight excluding hydrogens is 250 g/mol. The van der Waals surface area contributed by atoms with Crippen LogP contribution in [0, 0.1) is 6.92 Å². The summed E-state index contributed by atoms with van der Waals surface area (Å²) in [4.78, 5) is 0. The Morgan fingerprint density at radius 2 is 2.06 bits per heavy atom. The van der Waals surface area contributed by atoms with E-state index in [-0.39, 0.29) is 0 Å². The van der Waals surface area contributed by atoms with Crippen molar-refractivity contribution >= 4 is 17.3 Å². The number of nitrogens with one attached hydrogen (secondary N) is 1. The molecule has 6 heteroatoms. The van der Waals surface area contributed by atoms with Gasteiger partial charge in [-0.3, -0.25) is 9.36 Å². The van der Waals surface area contributed by atoms with Crippen molar-refractivity contribution in [3.8, 4) is 0 Å². The van der Waals surface area contributed by atoms with Crippen LogP contribution < -0.4 is 5.32 Å². The summed E-state index contributed by atoms with van der Waals surface area (Å²) < 4.78 is 3.62. The number of nitrogens with zero attached hydrogens (tertiary/aromatic N) is 4. The van der Waals surface area contributed by atoms with Crippen molar-refractivity contribution in [1.82, 2.24) is 19.6 Å². The zero-order chi connectivity index (χ0) is 13.3. The monoisotopic (exact) mass is 267 g/mol. The van der Waals surface area contributed by atoms with Gasteiger partial charge < -0.3 is 5.32 Å². The van der Waals surface area contributed by atoms with E-state index in [1.807, 2.05) is 31.9 Å². The highest BCUT2D eigenvalue weighted by Gasteiger charge is 2.13. The fourth-order valence-corrected chi connectivity index (χ4v) is 2.32. The van der Waals surface area contributed by atoms with Gasteiger partial charge in [0.1, 0.15) is 0 Å². The summed E-state index contributed by atoms with van der Waals surface area (Å²) in [6, 6.07) is 0. The quantitative estimate of drug-likeness (QED) is 0.925. The van der Waals surface area contributed by atoms with Gasteiger partial charge in [-0.05, 0) is 13.3 Å². The topological polar surface area (TPSA) is 47.7 Å².